The smallest absolute Gasteiger partial charge is 0.493 e. The highest BCUT2D eigenvalue weighted by Crippen LogP contribution is 2.38. The summed E-state index contributed by atoms with van der Waals surface area (Å²) in [5.74, 6) is -0.422. The number of nitrogens with one attached hydrogen (secondary N) is 1. The van der Waals surface area contributed by atoms with Gasteiger partial charge in [0.25, 0.3) is 11.8 Å². The van der Waals surface area contributed by atoms with Crippen molar-refractivity contribution in [1.82, 2.24) is 15.1 Å². The summed E-state index contributed by atoms with van der Waals surface area (Å²) in [5, 5.41) is 2.35. The number of likely N-dealkylation sites (tertiary alicyclic amines) is 1. The van der Waals surface area contributed by atoms with Gasteiger partial charge in [0.05, 0.1) is 13.2 Å². The lowest BCUT2D eigenvalue weighted by molar-refractivity contribution is -0.274. The minimum Gasteiger partial charge on any atom is -0.493 e. The van der Waals surface area contributed by atoms with Crippen LogP contribution in [0.4, 0.5) is 13.2 Å². The zero-order valence-electron chi connectivity index (χ0n) is 22.3. The lowest BCUT2D eigenvalue weighted by atomic mass is 9.89. The Morgan fingerprint density at radius 1 is 1.07 bits per heavy atom. The van der Waals surface area contributed by atoms with Gasteiger partial charge in [-0.1, -0.05) is 18.2 Å². The maximum Gasteiger partial charge on any atom is 0.573 e. The van der Waals surface area contributed by atoms with Crippen LogP contribution in [-0.2, 0) is 16.1 Å². The highest BCUT2D eigenvalue weighted by atomic mass is 19.4. The normalized spacial score (nSPS) is 22.3. The fraction of sp³-hybridized carbons (Fsp3) is 0.483. The monoisotopic (exact) mass is 559 g/mol. The molecule has 2 saturated heterocycles. The van der Waals surface area contributed by atoms with Crippen molar-refractivity contribution < 1.29 is 37.0 Å². The van der Waals surface area contributed by atoms with Gasteiger partial charge in [0.15, 0.2) is 0 Å². The van der Waals surface area contributed by atoms with Gasteiger partial charge in [0.2, 0.25) is 5.91 Å². The van der Waals surface area contributed by atoms with E-state index >= 15 is 0 Å². The Morgan fingerprint density at radius 2 is 1.82 bits per heavy atom. The third kappa shape index (κ3) is 5.94. The number of carbonyl (C=O) groups excluding carboxylic acids is 3. The van der Waals surface area contributed by atoms with Crippen molar-refractivity contribution in [2.24, 2.45) is 0 Å². The van der Waals surface area contributed by atoms with Gasteiger partial charge in [-0.15, -0.1) is 13.2 Å². The van der Waals surface area contributed by atoms with E-state index in [0.29, 0.717) is 17.9 Å². The van der Waals surface area contributed by atoms with Crippen LogP contribution in [0.25, 0.3) is 0 Å². The molecule has 0 unspecified atom stereocenters. The van der Waals surface area contributed by atoms with Crippen LogP contribution in [0.2, 0.25) is 0 Å². The highest BCUT2D eigenvalue weighted by Gasteiger charge is 2.49. The van der Waals surface area contributed by atoms with E-state index in [4.69, 9.17) is 4.74 Å². The van der Waals surface area contributed by atoms with E-state index in [-0.39, 0.29) is 42.9 Å². The van der Waals surface area contributed by atoms with Gasteiger partial charge in [-0.2, -0.15) is 0 Å². The average Bonchev–Trinajstić information content (AvgIpc) is 3.26. The molecule has 214 valence electrons. The molecule has 0 saturated carbocycles. The molecule has 2 fully saturated rings. The lowest BCUT2D eigenvalue weighted by Gasteiger charge is -2.39. The van der Waals surface area contributed by atoms with Crippen molar-refractivity contribution in [2.45, 2.75) is 63.4 Å². The van der Waals surface area contributed by atoms with Gasteiger partial charge in [-0.3, -0.25) is 19.7 Å². The highest BCUT2D eigenvalue weighted by molar-refractivity contribution is 6.07. The fourth-order valence-corrected chi connectivity index (χ4v) is 5.82. The van der Waals surface area contributed by atoms with E-state index in [0.717, 1.165) is 50.0 Å². The number of hydrogen-bond acceptors (Lipinski definition) is 6. The molecule has 1 N–H and O–H groups in total. The first kappa shape index (κ1) is 27.9. The van der Waals surface area contributed by atoms with Crippen LogP contribution in [0.1, 0.15) is 66.4 Å². The van der Waals surface area contributed by atoms with Crippen molar-refractivity contribution in [3.63, 3.8) is 0 Å². The molecule has 5 rings (SSSR count). The molecular weight excluding hydrogens is 527 g/mol. The van der Waals surface area contributed by atoms with Crippen molar-refractivity contribution in [1.29, 1.82) is 0 Å². The second-order valence-electron chi connectivity index (χ2n) is 10.8. The first-order valence-electron chi connectivity index (χ1n) is 13.5. The molecule has 3 heterocycles. The van der Waals surface area contributed by atoms with Gasteiger partial charge >= 0.3 is 6.36 Å². The number of imide groups is 1. The minimum absolute atomic E-state index is 0.182. The number of ether oxygens (including phenoxy) is 2. The number of halogens is 3. The number of carbonyl (C=O) groups is 3. The molecule has 0 aromatic heterocycles. The Bertz CT molecular complexity index is 1290. The van der Waals surface area contributed by atoms with Gasteiger partial charge in [0, 0.05) is 24.1 Å². The van der Waals surface area contributed by atoms with Crippen LogP contribution < -0.4 is 14.8 Å². The van der Waals surface area contributed by atoms with E-state index < -0.39 is 17.8 Å². The number of piperidine rings is 2. The van der Waals surface area contributed by atoms with Crippen molar-refractivity contribution in [3.05, 3.63) is 59.2 Å². The van der Waals surface area contributed by atoms with Crippen LogP contribution in [0.5, 0.6) is 11.5 Å². The third-order valence-electron chi connectivity index (χ3n) is 8.13. The summed E-state index contributed by atoms with van der Waals surface area (Å²) in [7, 11) is 0. The van der Waals surface area contributed by atoms with E-state index in [9.17, 15) is 27.6 Å². The number of amides is 3. The number of hydrogen-bond donors (Lipinski definition) is 1. The molecule has 0 bridgehead atoms. The zero-order chi connectivity index (χ0) is 28.5. The first-order valence-corrected chi connectivity index (χ1v) is 13.5. The fourth-order valence-electron chi connectivity index (χ4n) is 5.82. The first-order chi connectivity index (χ1) is 19.0. The maximum atomic E-state index is 13.2. The molecule has 11 heteroatoms. The zero-order valence-corrected chi connectivity index (χ0v) is 22.3. The molecule has 0 aliphatic carbocycles. The van der Waals surface area contributed by atoms with Gasteiger partial charge < -0.3 is 19.3 Å². The summed E-state index contributed by atoms with van der Waals surface area (Å²) in [4.78, 5) is 41.3. The van der Waals surface area contributed by atoms with Gasteiger partial charge in [0.1, 0.15) is 17.0 Å². The molecule has 0 radical (unpaired) electrons. The van der Waals surface area contributed by atoms with Crippen molar-refractivity contribution in [2.75, 3.05) is 26.2 Å². The Labute approximate surface area is 230 Å². The molecule has 40 heavy (non-hydrogen) atoms. The third-order valence-corrected chi connectivity index (χ3v) is 8.13. The van der Waals surface area contributed by atoms with E-state index in [1.165, 1.54) is 17.0 Å². The standard InChI is InChI=1S/C29H32F3N3O5/c1-28(12-9-25(36)33-27(28)38)35-18-23-22(26(35)37)7-3-8-24(23)39-16-4-13-34-14-10-19(11-15-34)20-5-2-6-21(17-20)40-29(30,31)32/h2-3,5-8,17,19H,4,9-16,18H2,1H3,(H,33,36,38)/t28-/m0/s1. The van der Waals surface area contributed by atoms with Crippen LogP contribution in [-0.4, -0.2) is 65.7 Å². The average molecular weight is 560 g/mol. The topological polar surface area (TPSA) is 88.2 Å². The van der Waals surface area contributed by atoms with Crippen LogP contribution in [0.3, 0.4) is 0 Å². The Kier molecular flexibility index (Phi) is 7.76. The lowest BCUT2D eigenvalue weighted by Crippen LogP contribution is -2.61. The number of nitrogens with zero attached hydrogens (tertiary/aromatic N) is 2. The second-order valence-corrected chi connectivity index (χ2v) is 10.8. The van der Waals surface area contributed by atoms with Crippen LogP contribution in [0, 0.1) is 0 Å². The number of fused-ring (bicyclic) bond motifs is 1. The maximum absolute atomic E-state index is 13.2. The minimum atomic E-state index is -4.70. The van der Waals surface area contributed by atoms with Crippen LogP contribution in [0.15, 0.2) is 42.5 Å². The van der Waals surface area contributed by atoms with Gasteiger partial charge in [-0.25, -0.2) is 0 Å². The number of alkyl halides is 3. The summed E-state index contributed by atoms with van der Waals surface area (Å²) in [6, 6.07) is 11.6. The molecule has 0 spiro atoms. The molecule has 3 aliphatic rings. The summed E-state index contributed by atoms with van der Waals surface area (Å²) < 4.78 is 47.8. The summed E-state index contributed by atoms with van der Waals surface area (Å²) >= 11 is 0. The molecule has 3 amide bonds. The Morgan fingerprint density at radius 3 is 2.55 bits per heavy atom. The summed E-state index contributed by atoms with van der Waals surface area (Å²) in [6.07, 6.45) is -1.79. The molecular formula is C29H32F3N3O5. The Balaban J connectivity index is 1.10. The molecule has 2 aromatic rings. The van der Waals surface area contributed by atoms with E-state index in [2.05, 4.69) is 15.0 Å². The number of rotatable bonds is 8. The predicted octanol–water partition coefficient (Wildman–Crippen LogP) is 4.38. The van der Waals surface area contributed by atoms with Crippen molar-refractivity contribution in [3.8, 4) is 11.5 Å². The second kappa shape index (κ2) is 11.1. The molecule has 8 nitrogen and oxygen atoms in total. The SMILES string of the molecule is C[C@]1(N2Cc3c(OCCCN4CCC(c5cccc(OC(F)(F)F)c5)CC4)cccc3C2=O)CCC(=O)NC1=O. The summed E-state index contributed by atoms with van der Waals surface area (Å²) in [6.45, 7) is 4.87. The summed E-state index contributed by atoms with van der Waals surface area (Å²) in [5.41, 5.74) is 1.02. The van der Waals surface area contributed by atoms with E-state index in [1.54, 1.807) is 25.1 Å². The quantitative estimate of drug-likeness (QED) is 0.382. The van der Waals surface area contributed by atoms with E-state index in [1.807, 2.05) is 12.1 Å². The molecule has 1 atom stereocenters. The van der Waals surface area contributed by atoms with Crippen molar-refractivity contribution >= 4 is 17.7 Å². The molecule has 2 aromatic carbocycles. The number of benzene rings is 2. The van der Waals surface area contributed by atoms with Crippen LogP contribution >= 0.6 is 0 Å². The predicted molar refractivity (Wildman–Crippen MR) is 139 cm³/mol. The van der Waals surface area contributed by atoms with Gasteiger partial charge in [-0.05, 0) is 81.4 Å². The molecule has 3 aliphatic heterocycles. The Hall–Kier alpha value is -3.60. The largest absolute Gasteiger partial charge is 0.573 e.